The maximum atomic E-state index is 14.5. The van der Waals surface area contributed by atoms with E-state index in [9.17, 15) is 26.4 Å². The van der Waals surface area contributed by atoms with Crippen LogP contribution in [0.3, 0.4) is 0 Å². The first-order chi connectivity index (χ1) is 11.8. The molecule has 0 unspecified atom stereocenters. The lowest BCUT2D eigenvalue weighted by atomic mass is 10.2. The third-order valence-corrected chi connectivity index (χ3v) is 4.53. The SMILES string of the molecule is C=CCNS(=O)(=O)c1cccc(C(=O)Nc2ccc(F)c(F)c2)c1F. The molecule has 0 bridgehead atoms. The van der Waals surface area contributed by atoms with Crippen LogP contribution >= 0.6 is 0 Å². The average molecular weight is 370 g/mol. The number of benzene rings is 2. The first-order valence-electron chi connectivity index (χ1n) is 6.91. The number of hydrogen-bond donors (Lipinski definition) is 2. The molecule has 0 aliphatic carbocycles. The lowest BCUT2D eigenvalue weighted by Gasteiger charge is -2.10. The topological polar surface area (TPSA) is 75.3 Å². The normalized spacial score (nSPS) is 11.2. The van der Waals surface area contributed by atoms with Crippen molar-refractivity contribution in [2.75, 3.05) is 11.9 Å². The standard InChI is InChI=1S/C16H13F3N2O3S/c1-2-8-20-25(23,24)14-5-3-4-11(15(14)19)16(22)21-10-6-7-12(17)13(18)9-10/h2-7,9,20H,1,8H2,(H,21,22). The van der Waals surface area contributed by atoms with E-state index in [4.69, 9.17) is 0 Å². The van der Waals surface area contributed by atoms with Crippen molar-refractivity contribution in [3.8, 4) is 0 Å². The maximum absolute atomic E-state index is 14.5. The van der Waals surface area contributed by atoms with E-state index in [1.54, 1.807) is 0 Å². The Hall–Kier alpha value is -2.65. The van der Waals surface area contributed by atoms with Gasteiger partial charge in [0.1, 0.15) is 4.90 Å². The number of nitrogens with one attached hydrogen (secondary N) is 2. The minimum atomic E-state index is -4.18. The van der Waals surface area contributed by atoms with Gasteiger partial charge in [-0.3, -0.25) is 4.79 Å². The van der Waals surface area contributed by atoms with Gasteiger partial charge in [-0.2, -0.15) is 0 Å². The van der Waals surface area contributed by atoms with Crippen LogP contribution < -0.4 is 10.0 Å². The fraction of sp³-hybridized carbons (Fsp3) is 0.0625. The highest BCUT2D eigenvalue weighted by atomic mass is 32.2. The molecule has 0 aliphatic heterocycles. The summed E-state index contributed by atoms with van der Waals surface area (Å²) < 4.78 is 66.6. The Bertz CT molecular complexity index is 930. The quantitative estimate of drug-likeness (QED) is 0.768. The molecule has 0 radical (unpaired) electrons. The lowest BCUT2D eigenvalue weighted by Crippen LogP contribution is -2.25. The summed E-state index contributed by atoms with van der Waals surface area (Å²) in [6.45, 7) is 3.23. The average Bonchev–Trinajstić information content (AvgIpc) is 2.56. The van der Waals surface area contributed by atoms with Crippen molar-refractivity contribution in [1.82, 2.24) is 4.72 Å². The Balaban J connectivity index is 2.33. The minimum absolute atomic E-state index is 0.110. The van der Waals surface area contributed by atoms with Gasteiger partial charge in [0.2, 0.25) is 10.0 Å². The molecule has 1 amide bonds. The first-order valence-corrected chi connectivity index (χ1v) is 8.40. The molecular weight excluding hydrogens is 357 g/mol. The van der Waals surface area contributed by atoms with Crippen LogP contribution in [0.25, 0.3) is 0 Å². The fourth-order valence-corrected chi connectivity index (χ4v) is 3.01. The summed E-state index contributed by atoms with van der Waals surface area (Å²) >= 11 is 0. The van der Waals surface area contributed by atoms with Crippen molar-refractivity contribution in [1.29, 1.82) is 0 Å². The number of carbonyl (C=O) groups excluding carboxylic acids is 1. The highest BCUT2D eigenvalue weighted by Gasteiger charge is 2.23. The van der Waals surface area contributed by atoms with Crippen LogP contribution in [0.2, 0.25) is 0 Å². The Morgan fingerprint density at radius 2 is 1.84 bits per heavy atom. The zero-order chi connectivity index (χ0) is 18.6. The summed E-state index contributed by atoms with van der Waals surface area (Å²) in [5.74, 6) is -4.57. The molecule has 0 fully saturated rings. The van der Waals surface area contributed by atoms with Crippen molar-refractivity contribution in [2.45, 2.75) is 4.90 Å². The predicted octanol–water partition coefficient (Wildman–Crippen LogP) is 2.82. The predicted molar refractivity (Wildman–Crippen MR) is 86.1 cm³/mol. The second-order valence-corrected chi connectivity index (χ2v) is 6.58. The van der Waals surface area contributed by atoms with Crippen LogP contribution in [-0.4, -0.2) is 20.9 Å². The van der Waals surface area contributed by atoms with Gasteiger partial charge < -0.3 is 5.32 Å². The number of halogens is 3. The molecule has 2 aromatic carbocycles. The molecule has 2 aromatic rings. The van der Waals surface area contributed by atoms with E-state index in [1.807, 2.05) is 0 Å². The fourth-order valence-electron chi connectivity index (χ4n) is 1.91. The lowest BCUT2D eigenvalue weighted by molar-refractivity contribution is 0.102. The van der Waals surface area contributed by atoms with E-state index >= 15 is 0 Å². The van der Waals surface area contributed by atoms with Gasteiger partial charge in [-0.05, 0) is 24.3 Å². The molecule has 0 spiro atoms. The highest BCUT2D eigenvalue weighted by Crippen LogP contribution is 2.20. The Labute approximate surface area is 142 Å². The zero-order valence-electron chi connectivity index (χ0n) is 12.7. The van der Waals surface area contributed by atoms with Crippen LogP contribution in [0.5, 0.6) is 0 Å². The zero-order valence-corrected chi connectivity index (χ0v) is 13.5. The molecule has 0 saturated heterocycles. The van der Waals surface area contributed by atoms with Gasteiger partial charge in [0, 0.05) is 18.3 Å². The summed E-state index contributed by atoms with van der Waals surface area (Å²) in [5, 5.41) is 2.17. The second kappa shape index (κ2) is 7.49. The number of hydrogen-bond acceptors (Lipinski definition) is 3. The first kappa shape index (κ1) is 18.7. The third-order valence-electron chi connectivity index (χ3n) is 3.09. The molecule has 0 atom stereocenters. The number of rotatable bonds is 6. The van der Waals surface area contributed by atoms with Crippen molar-refractivity contribution >= 4 is 21.6 Å². The van der Waals surface area contributed by atoms with Crippen molar-refractivity contribution < 1.29 is 26.4 Å². The van der Waals surface area contributed by atoms with E-state index in [1.165, 1.54) is 12.1 Å². The summed E-state index contributed by atoms with van der Waals surface area (Å²) in [4.78, 5) is 11.4. The van der Waals surface area contributed by atoms with E-state index in [2.05, 4.69) is 16.6 Å². The monoisotopic (exact) mass is 370 g/mol. The Kier molecular flexibility index (Phi) is 5.60. The molecule has 132 valence electrons. The summed E-state index contributed by atoms with van der Waals surface area (Å²) in [5.41, 5.74) is -0.674. The van der Waals surface area contributed by atoms with Gasteiger partial charge >= 0.3 is 0 Å². The summed E-state index contributed by atoms with van der Waals surface area (Å²) in [6, 6.07) is 5.84. The van der Waals surface area contributed by atoms with Crippen LogP contribution in [0, 0.1) is 17.5 Å². The van der Waals surface area contributed by atoms with Crippen LogP contribution in [-0.2, 0) is 10.0 Å². The molecule has 25 heavy (non-hydrogen) atoms. The van der Waals surface area contributed by atoms with E-state index in [0.717, 1.165) is 30.3 Å². The number of sulfonamides is 1. The minimum Gasteiger partial charge on any atom is -0.322 e. The molecule has 0 saturated carbocycles. The van der Waals surface area contributed by atoms with Gasteiger partial charge in [0.15, 0.2) is 17.5 Å². The maximum Gasteiger partial charge on any atom is 0.258 e. The van der Waals surface area contributed by atoms with Crippen molar-refractivity contribution in [3.63, 3.8) is 0 Å². The molecular formula is C16H13F3N2O3S. The van der Waals surface area contributed by atoms with Gasteiger partial charge in [-0.15, -0.1) is 6.58 Å². The van der Waals surface area contributed by atoms with E-state index in [-0.39, 0.29) is 12.2 Å². The van der Waals surface area contributed by atoms with Crippen LogP contribution in [0.1, 0.15) is 10.4 Å². The number of amides is 1. The summed E-state index contributed by atoms with van der Waals surface area (Å²) in [6.07, 6.45) is 1.27. The Morgan fingerprint density at radius 3 is 2.48 bits per heavy atom. The smallest absolute Gasteiger partial charge is 0.258 e. The third kappa shape index (κ3) is 4.25. The molecule has 2 N–H and O–H groups in total. The largest absolute Gasteiger partial charge is 0.322 e. The molecule has 0 aromatic heterocycles. The Morgan fingerprint density at radius 1 is 1.12 bits per heavy atom. The molecule has 5 nitrogen and oxygen atoms in total. The van der Waals surface area contributed by atoms with Crippen LogP contribution in [0.4, 0.5) is 18.9 Å². The summed E-state index contributed by atoms with van der Waals surface area (Å²) in [7, 11) is -4.18. The van der Waals surface area contributed by atoms with Gasteiger partial charge in [0.25, 0.3) is 5.91 Å². The van der Waals surface area contributed by atoms with Crippen molar-refractivity contribution in [2.24, 2.45) is 0 Å². The van der Waals surface area contributed by atoms with Gasteiger partial charge in [-0.25, -0.2) is 26.3 Å². The molecule has 0 aliphatic rings. The van der Waals surface area contributed by atoms with Crippen LogP contribution in [0.15, 0.2) is 53.9 Å². The highest BCUT2D eigenvalue weighted by molar-refractivity contribution is 7.89. The van der Waals surface area contributed by atoms with Gasteiger partial charge in [-0.1, -0.05) is 12.1 Å². The molecule has 2 rings (SSSR count). The van der Waals surface area contributed by atoms with Crippen molar-refractivity contribution in [3.05, 3.63) is 72.1 Å². The van der Waals surface area contributed by atoms with E-state index < -0.39 is 43.8 Å². The molecule has 0 heterocycles. The van der Waals surface area contributed by atoms with Gasteiger partial charge in [0.05, 0.1) is 5.56 Å². The number of anilines is 1. The molecule has 9 heteroatoms. The second-order valence-electron chi connectivity index (χ2n) is 4.84. The van der Waals surface area contributed by atoms with E-state index in [0.29, 0.717) is 0 Å². The number of carbonyl (C=O) groups is 1.